The largest absolute Gasteiger partial charge is 0.376 e. The highest BCUT2D eigenvalue weighted by atomic mass is 35.5. The molecule has 2 aromatic rings. The molecule has 2 N–H and O–H groups in total. The van der Waals surface area contributed by atoms with Crippen LogP contribution in [0.2, 0.25) is 5.02 Å². The average Bonchev–Trinajstić information content (AvgIpc) is 2.43. The Hall–Kier alpha value is -2.07. The maximum absolute atomic E-state index is 12.9. The quantitative estimate of drug-likeness (QED) is 0.891. The van der Waals surface area contributed by atoms with E-state index in [0.717, 1.165) is 22.9 Å². The molecule has 0 aliphatic rings. The number of hydrogen-bond acceptors (Lipinski definition) is 2. The Labute approximate surface area is 128 Å². The van der Waals surface area contributed by atoms with Crippen molar-refractivity contribution in [1.29, 1.82) is 0 Å². The smallest absolute Gasteiger partial charge is 0.243 e. The van der Waals surface area contributed by atoms with E-state index in [0.29, 0.717) is 5.69 Å². The van der Waals surface area contributed by atoms with Gasteiger partial charge in [-0.05, 0) is 49.2 Å². The summed E-state index contributed by atoms with van der Waals surface area (Å²) in [5.74, 6) is -0.684. The van der Waals surface area contributed by atoms with Gasteiger partial charge in [-0.1, -0.05) is 23.7 Å². The van der Waals surface area contributed by atoms with Gasteiger partial charge in [0.15, 0.2) is 0 Å². The molecule has 0 unspecified atom stereocenters. The van der Waals surface area contributed by atoms with E-state index in [1.807, 2.05) is 32.0 Å². The van der Waals surface area contributed by atoms with Gasteiger partial charge in [0, 0.05) is 5.69 Å². The number of benzene rings is 2. The summed E-state index contributed by atoms with van der Waals surface area (Å²) in [6, 6.07) is 9.71. The van der Waals surface area contributed by atoms with Gasteiger partial charge in [0.25, 0.3) is 0 Å². The van der Waals surface area contributed by atoms with Crippen LogP contribution in [0.4, 0.5) is 15.8 Å². The van der Waals surface area contributed by atoms with Crippen LogP contribution in [0.1, 0.15) is 11.1 Å². The standard InChI is InChI=1S/C16H16ClFN2O/c1-10-4-3-5-14(11(10)2)19-9-16(21)20-15-7-6-12(18)8-13(15)17/h3-8,19H,9H2,1-2H3,(H,20,21). The number of nitrogens with one attached hydrogen (secondary N) is 2. The summed E-state index contributed by atoms with van der Waals surface area (Å²) >= 11 is 5.86. The van der Waals surface area contributed by atoms with E-state index < -0.39 is 5.82 Å². The van der Waals surface area contributed by atoms with Gasteiger partial charge < -0.3 is 10.6 Å². The van der Waals surface area contributed by atoms with Crippen molar-refractivity contribution in [2.24, 2.45) is 0 Å². The first-order chi connectivity index (χ1) is 9.97. The Morgan fingerprint density at radius 2 is 1.95 bits per heavy atom. The van der Waals surface area contributed by atoms with Crippen LogP contribution in [0.5, 0.6) is 0 Å². The lowest BCUT2D eigenvalue weighted by atomic mass is 10.1. The molecule has 0 atom stereocenters. The fourth-order valence-corrected chi connectivity index (χ4v) is 2.12. The molecule has 1 amide bonds. The zero-order chi connectivity index (χ0) is 15.4. The van der Waals surface area contributed by atoms with Gasteiger partial charge >= 0.3 is 0 Å². The van der Waals surface area contributed by atoms with Crippen molar-refractivity contribution in [1.82, 2.24) is 0 Å². The van der Waals surface area contributed by atoms with Gasteiger partial charge in [-0.25, -0.2) is 4.39 Å². The van der Waals surface area contributed by atoms with Gasteiger partial charge in [-0.3, -0.25) is 4.79 Å². The van der Waals surface area contributed by atoms with Crippen LogP contribution in [0.3, 0.4) is 0 Å². The number of aryl methyl sites for hydroxylation is 1. The third-order valence-electron chi connectivity index (χ3n) is 3.25. The van der Waals surface area contributed by atoms with Crippen molar-refractivity contribution < 1.29 is 9.18 Å². The minimum absolute atomic E-state index is 0.109. The van der Waals surface area contributed by atoms with Gasteiger partial charge in [0.2, 0.25) is 5.91 Å². The zero-order valence-electron chi connectivity index (χ0n) is 11.8. The highest BCUT2D eigenvalue weighted by Gasteiger charge is 2.07. The maximum atomic E-state index is 12.9. The third-order valence-corrected chi connectivity index (χ3v) is 3.56. The molecule has 2 aromatic carbocycles. The molecule has 2 rings (SSSR count). The third kappa shape index (κ3) is 3.95. The molecule has 0 spiro atoms. The zero-order valence-corrected chi connectivity index (χ0v) is 12.6. The lowest BCUT2D eigenvalue weighted by Gasteiger charge is -2.12. The van der Waals surface area contributed by atoms with Crippen molar-refractivity contribution in [2.45, 2.75) is 13.8 Å². The topological polar surface area (TPSA) is 41.1 Å². The molecule has 0 bridgehead atoms. The van der Waals surface area contributed by atoms with E-state index in [-0.39, 0.29) is 17.5 Å². The summed E-state index contributed by atoms with van der Waals surface area (Å²) in [6.07, 6.45) is 0. The van der Waals surface area contributed by atoms with E-state index in [1.54, 1.807) is 0 Å². The van der Waals surface area contributed by atoms with Gasteiger partial charge in [-0.2, -0.15) is 0 Å². The van der Waals surface area contributed by atoms with Crippen LogP contribution in [0.25, 0.3) is 0 Å². The van der Waals surface area contributed by atoms with Crippen molar-refractivity contribution in [3.63, 3.8) is 0 Å². The predicted molar refractivity (Wildman–Crippen MR) is 84.4 cm³/mol. The second-order valence-electron chi connectivity index (χ2n) is 4.77. The lowest BCUT2D eigenvalue weighted by Crippen LogP contribution is -2.22. The average molecular weight is 307 g/mol. The molecular weight excluding hydrogens is 291 g/mol. The van der Waals surface area contributed by atoms with Crippen LogP contribution in [-0.2, 0) is 4.79 Å². The second-order valence-corrected chi connectivity index (χ2v) is 5.18. The molecule has 3 nitrogen and oxygen atoms in total. The van der Waals surface area contributed by atoms with E-state index in [2.05, 4.69) is 10.6 Å². The molecule has 5 heteroatoms. The van der Waals surface area contributed by atoms with Gasteiger partial charge in [0.05, 0.1) is 17.3 Å². The molecular formula is C16H16ClFN2O. The van der Waals surface area contributed by atoms with Crippen molar-refractivity contribution in [3.05, 3.63) is 58.4 Å². The van der Waals surface area contributed by atoms with E-state index in [9.17, 15) is 9.18 Å². The van der Waals surface area contributed by atoms with E-state index >= 15 is 0 Å². The first kappa shape index (κ1) is 15.3. The Morgan fingerprint density at radius 1 is 1.19 bits per heavy atom. The SMILES string of the molecule is Cc1cccc(NCC(=O)Nc2ccc(F)cc2Cl)c1C. The maximum Gasteiger partial charge on any atom is 0.243 e. The number of anilines is 2. The summed E-state index contributed by atoms with van der Waals surface area (Å²) in [6.45, 7) is 4.11. The Balaban J connectivity index is 1.97. The molecule has 0 heterocycles. The number of carbonyl (C=O) groups excluding carboxylic acids is 1. The molecule has 0 aliphatic heterocycles. The monoisotopic (exact) mass is 306 g/mol. The Bertz CT molecular complexity index is 673. The number of rotatable bonds is 4. The summed E-state index contributed by atoms with van der Waals surface area (Å²) in [7, 11) is 0. The van der Waals surface area contributed by atoms with Crippen molar-refractivity contribution in [2.75, 3.05) is 17.2 Å². The summed E-state index contributed by atoms with van der Waals surface area (Å²) in [4.78, 5) is 11.9. The number of carbonyl (C=O) groups is 1. The van der Waals surface area contributed by atoms with Gasteiger partial charge in [0.1, 0.15) is 5.82 Å². The molecule has 0 aromatic heterocycles. The Morgan fingerprint density at radius 3 is 2.67 bits per heavy atom. The molecule has 0 aliphatic carbocycles. The summed E-state index contributed by atoms with van der Waals surface area (Å²) in [5.41, 5.74) is 3.56. The second kappa shape index (κ2) is 6.59. The lowest BCUT2D eigenvalue weighted by molar-refractivity contribution is -0.114. The molecule has 0 saturated heterocycles. The van der Waals surface area contributed by atoms with Crippen molar-refractivity contribution in [3.8, 4) is 0 Å². The highest BCUT2D eigenvalue weighted by Crippen LogP contribution is 2.22. The minimum atomic E-state index is -0.438. The van der Waals surface area contributed by atoms with Crippen LogP contribution >= 0.6 is 11.6 Å². The van der Waals surface area contributed by atoms with Crippen LogP contribution < -0.4 is 10.6 Å². The predicted octanol–water partition coefficient (Wildman–Crippen LogP) is 4.15. The Kier molecular flexibility index (Phi) is 4.81. The number of hydrogen-bond donors (Lipinski definition) is 2. The van der Waals surface area contributed by atoms with Crippen molar-refractivity contribution >= 4 is 28.9 Å². The molecule has 110 valence electrons. The fourth-order valence-electron chi connectivity index (χ4n) is 1.90. The molecule has 21 heavy (non-hydrogen) atoms. The molecule has 0 radical (unpaired) electrons. The van der Waals surface area contributed by atoms with E-state index in [1.165, 1.54) is 12.1 Å². The number of halogens is 2. The minimum Gasteiger partial charge on any atom is -0.376 e. The van der Waals surface area contributed by atoms with Crippen LogP contribution in [0.15, 0.2) is 36.4 Å². The molecule has 0 fully saturated rings. The summed E-state index contributed by atoms with van der Waals surface area (Å²) in [5, 5.41) is 5.89. The summed E-state index contributed by atoms with van der Waals surface area (Å²) < 4.78 is 12.9. The fraction of sp³-hybridized carbons (Fsp3) is 0.188. The first-order valence-electron chi connectivity index (χ1n) is 6.52. The molecule has 0 saturated carbocycles. The number of amides is 1. The van der Waals surface area contributed by atoms with Crippen LogP contribution in [-0.4, -0.2) is 12.5 Å². The highest BCUT2D eigenvalue weighted by molar-refractivity contribution is 6.33. The van der Waals surface area contributed by atoms with Gasteiger partial charge in [-0.15, -0.1) is 0 Å². The van der Waals surface area contributed by atoms with E-state index in [4.69, 9.17) is 11.6 Å². The first-order valence-corrected chi connectivity index (χ1v) is 6.90. The van der Waals surface area contributed by atoms with Crippen LogP contribution in [0, 0.1) is 19.7 Å². The normalized spacial score (nSPS) is 10.3.